The van der Waals surface area contributed by atoms with Gasteiger partial charge in [-0.05, 0) is 37.0 Å². The molecule has 82 valence electrons. The Hall–Kier alpha value is -1.17. The van der Waals surface area contributed by atoms with Crippen molar-refractivity contribution in [2.24, 2.45) is 0 Å². The van der Waals surface area contributed by atoms with Gasteiger partial charge >= 0.3 is 0 Å². The van der Waals surface area contributed by atoms with E-state index in [1.807, 2.05) is 5.41 Å². The first kappa shape index (κ1) is 11.3. The summed E-state index contributed by atoms with van der Waals surface area (Å²) in [6.07, 6.45) is 4.21. The highest BCUT2D eigenvalue weighted by molar-refractivity contribution is 8.10. The number of aryl methyl sites for hydroxylation is 1. The molecule has 0 bridgehead atoms. The van der Waals surface area contributed by atoms with Gasteiger partial charge in [-0.2, -0.15) is 0 Å². The minimum atomic E-state index is 1.01. The van der Waals surface area contributed by atoms with Crippen molar-refractivity contribution in [3.63, 3.8) is 0 Å². The fourth-order valence-corrected chi connectivity index (χ4v) is 2.59. The average Bonchev–Trinajstić information content (AvgIpc) is 2.54. The Bertz CT molecular complexity index is 457. The monoisotopic (exact) mass is 228 g/mol. The van der Waals surface area contributed by atoms with Crippen LogP contribution in [0.2, 0.25) is 0 Å². The maximum absolute atomic E-state index is 3.17. The fraction of sp³-hybridized carbons (Fsp3) is 0.267. The van der Waals surface area contributed by atoms with Gasteiger partial charge in [0.15, 0.2) is 0 Å². The molecule has 0 aliphatic carbocycles. The molecule has 0 unspecified atom stereocenters. The van der Waals surface area contributed by atoms with Crippen LogP contribution in [0.1, 0.15) is 31.4 Å². The highest BCUT2D eigenvalue weighted by Gasteiger charge is 2.06. The molecule has 0 radical (unpaired) electrons. The lowest BCUT2D eigenvalue weighted by molar-refractivity contribution is 1.14. The Labute approximate surface area is 102 Å². The van der Waals surface area contributed by atoms with E-state index in [0.717, 1.165) is 12.8 Å². The Morgan fingerprint density at radius 3 is 2.69 bits per heavy atom. The molecular formula is C15H16S. The maximum Gasteiger partial charge on any atom is 0.0187 e. The topological polar surface area (TPSA) is 0 Å². The van der Waals surface area contributed by atoms with E-state index in [9.17, 15) is 0 Å². The van der Waals surface area contributed by atoms with Crippen molar-refractivity contribution < 1.29 is 0 Å². The van der Waals surface area contributed by atoms with Crippen molar-refractivity contribution in [2.75, 3.05) is 0 Å². The molecule has 1 heterocycles. The average molecular weight is 228 g/mol. The minimum Gasteiger partial charge on any atom is -0.118 e. The van der Waals surface area contributed by atoms with Crippen molar-refractivity contribution in [3.05, 3.63) is 58.2 Å². The van der Waals surface area contributed by atoms with Crippen LogP contribution >= 0.6 is 11.8 Å². The minimum absolute atomic E-state index is 1.01. The zero-order valence-corrected chi connectivity index (χ0v) is 10.6. The molecule has 16 heavy (non-hydrogen) atoms. The summed E-state index contributed by atoms with van der Waals surface area (Å²) in [4.78, 5) is 1.38. The number of allylic oxidation sites excluding steroid dienone is 2. The Balaban J connectivity index is 2.32. The zero-order valence-electron chi connectivity index (χ0n) is 9.79. The smallest absolute Gasteiger partial charge is 0.0187 e. The molecule has 0 fully saturated rings. The number of rotatable bonds is 2. The second-order valence-corrected chi connectivity index (χ2v) is 4.85. The predicted molar refractivity (Wildman–Crippen MR) is 73.3 cm³/mol. The predicted octanol–water partition coefficient (Wildman–Crippen LogP) is 4.79. The van der Waals surface area contributed by atoms with Crippen molar-refractivity contribution >= 4 is 16.7 Å². The molecule has 1 aliphatic heterocycles. The largest absolute Gasteiger partial charge is 0.118 e. The summed E-state index contributed by atoms with van der Waals surface area (Å²) >= 11 is 1.77. The summed E-state index contributed by atoms with van der Waals surface area (Å²) in [6, 6.07) is 8.89. The molecule has 0 spiro atoms. The second kappa shape index (κ2) is 5.25. The first-order chi connectivity index (χ1) is 7.81. The van der Waals surface area contributed by atoms with Crippen molar-refractivity contribution in [1.29, 1.82) is 0 Å². The van der Waals surface area contributed by atoms with Crippen LogP contribution in [0.15, 0.2) is 47.1 Å². The molecule has 1 aromatic carbocycles. The van der Waals surface area contributed by atoms with E-state index in [-0.39, 0.29) is 0 Å². The van der Waals surface area contributed by atoms with Gasteiger partial charge in [-0.1, -0.05) is 48.5 Å². The summed E-state index contributed by atoms with van der Waals surface area (Å²) in [5.41, 5.74) is 7.32. The summed E-state index contributed by atoms with van der Waals surface area (Å²) in [5.74, 6) is 0. The summed E-state index contributed by atoms with van der Waals surface area (Å²) in [7, 11) is 0. The SMILES string of the molecule is CCc1ccc(C2=C(C)CC=C=CS2)cc1. The number of hydrogen-bond acceptors (Lipinski definition) is 1. The molecule has 1 aromatic rings. The van der Waals surface area contributed by atoms with Crippen molar-refractivity contribution in [1.82, 2.24) is 0 Å². The van der Waals surface area contributed by atoms with E-state index in [1.54, 1.807) is 11.8 Å². The molecule has 2 rings (SSSR count). The number of benzene rings is 1. The van der Waals surface area contributed by atoms with Crippen LogP contribution in [-0.2, 0) is 6.42 Å². The van der Waals surface area contributed by atoms with Crippen LogP contribution in [0.4, 0.5) is 0 Å². The Morgan fingerprint density at radius 2 is 2.00 bits per heavy atom. The lowest BCUT2D eigenvalue weighted by Crippen LogP contribution is -1.86. The van der Waals surface area contributed by atoms with Gasteiger partial charge in [0.2, 0.25) is 0 Å². The molecule has 0 atom stereocenters. The lowest BCUT2D eigenvalue weighted by atomic mass is 10.1. The van der Waals surface area contributed by atoms with E-state index in [4.69, 9.17) is 0 Å². The molecule has 0 aromatic heterocycles. The van der Waals surface area contributed by atoms with Gasteiger partial charge in [0, 0.05) is 10.3 Å². The van der Waals surface area contributed by atoms with Gasteiger partial charge in [0.1, 0.15) is 0 Å². The van der Waals surface area contributed by atoms with E-state index in [1.165, 1.54) is 21.6 Å². The van der Waals surface area contributed by atoms with Crippen LogP contribution < -0.4 is 0 Å². The van der Waals surface area contributed by atoms with Crippen molar-refractivity contribution in [2.45, 2.75) is 26.7 Å². The highest BCUT2D eigenvalue weighted by atomic mass is 32.2. The lowest BCUT2D eigenvalue weighted by Gasteiger charge is -2.08. The molecule has 0 N–H and O–H groups in total. The van der Waals surface area contributed by atoms with E-state index in [2.05, 4.69) is 49.9 Å². The third kappa shape index (κ3) is 2.49. The first-order valence-corrected chi connectivity index (χ1v) is 6.54. The standard InChI is InChI=1S/C15H16S/c1-3-13-7-9-14(10-8-13)15-12(2)6-4-5-11-16-15/h4,7-11H,3,6H2,1-2H3. The van der Waals surface area contributed by atoms with Crippen LogP contribution in [0.5, 0.6) is 0 Å². The second-order valence-electron chi connectivity index (χ2n) is 3.97. The number of thioether (sulfide) groups is 1. The quantitative estimate of drug-likeness (QED) is 0.656. The third-order valence-electron chi connectivity index (χ3n) is 2.78. The van der Waals surface area contributed by atoms with Crippen LogP contribution in [-0.4, -0.2) is 0 Å². The van der Waals surface area contributed by atoms with E-state index in [0.29, 0.717) is 0 Å². The summed E-state index contributed by atoms with van der Waals surface area (Å²) in [6.45, 7) is 4.39. The van der Waals surface area contributed by atoms with Crippen LogP contribution in [0.3, 0.4) is 0 Å². The van der Waals surface area contributed by atoms with E-state index < -0.39 is 0 Å². The highest BCUT2D eigenvalue weighted by Crippen LogP contribution is 2.34. The molecule has 0 amide bonds. The van der Waals surface area contributed by atoms with Gasteiger partial charge in [-0.25, -0.2) is 0 Å². The maximum atomic E-state index is 3.17. The zero-order chi connectivity index (χ0) is 11.4. The Kier molecular flexibility index (Phi) is 3.71. The summed E-state index contributed by atoms with van der Waals surface area (Å²) < 4.78 is 0. The molecule has 0 saturated heterocycles. The first-order valence-electron chi connectivity index (χ1n) is 5.66. The third-order valence-corrected chi connectivity index (χ3v) is 3.86. The number of hydrogen-bond donors (Lipinski definition) is 0. The van der Waals surface area contributed by atoms with Crippen LogP contribution in [0.25, 0.3) is 4.91 Å². The van der Waals surface area contributed by atoms with Gasteiger partial charge in [0.25, 0.3) is 0 Å². The van der Waals surface area contributed by atoms with Crippen molar-refractivity contribution in [3.8, 4) is 0 Å². The normalized spacial score (nSPS) is 15.4. The van der Waals surface area contributed by atoms with Gasteiger partial charge in [0.05, 0.1) is 0 Å². The Morgan fingerprint density at radius 1 is 1.25 bits per heavy atom. The van der Waals surface area contributed by atoms with Gasteiger partial charge in [-0.15, -0.1) is 5.73 Å². The van der Waals surface area contributed by atoms with Gasteiger partial charge in [-0.3, -0.25) is 0 Å². The summed E-state index contributed by atoms with van der Waals surface area (Å²) in [5, 5.41) is 2.04. The molecule has 0 nitrogen and oxygen atoms in total. The molecule has 1 heteroatoms. The van der Waals surface area contributed by atoms with Gasteiger partial charge < -0.3 is 0 Å². The fourth-order valence-electron chi connectivity index (χ4n) is 1.75. The molecular weight excluding hydrogens is 212 g/mol. The molecule has 1 aliphatic rings. The van der Waals surface area contributed by atoms with Crippen LogP contribution in [0, 0.1) is 0 Å². The van der Waals surface area contributed by atoms with E-state index >= 15 is 0 Å². The molecule has 0 saturated carbocycles.